The van der Waals surface area contributed by atoms with Crippen molar-refractivity contribution < 1.29 is 17.9 Å². The Morgan fingerprint density at radius 3 is 2.17 bits per heavy atom. The van der Waals surface area contributed by atoms with Crippen LogP contribution in [0, 0.1) is 0 Å². The number of sulfonamides is 1. The number of amides is 1. The SMILES string of the molecule is CCOC(=O)N(CC)C1CCN(CCC(CN(C)S(=O)(=O)c2ccccc2)c2ccccc2)CC1.Cl. The molecule has 0 N–H and O–H groups in total. The van der Waals surface area contributed by atoms with Crippen molar-refractivity contribution in [2.24, 2.45) is 0 Å². The van der Waals surface area contributed by atoms with Gasteiger partial charge in [0.15, 0.2) is 0 Å². The molecule has 2 aromatic carbocycles. The van der Waals surface area contributed by atoms with Gasteiger partial charge in [-0.2, -0.15) is 0 Å². The van der Waals surface area contributed by atoms with Crippen molar-refractivity contribution in [2.45, 2.75) is 50.0 Å². The second-order valence-corrected chi connectivity index (χ2v) is 11.1. The third-order valence-corrected chi connectivity index (χ3v) is 8.67. The predicted molar refractivity (Wildman–Crippen MR) is 146 cm³/mol. The standard InChI is InChI=1S/C27H39N3O4S.ClH/c1-4-30(27(31)34-5-2)25-17-20-29(21-18-25)19-16-24(23-12-8-6-9-13-23)22-28(3)35(32,33)26-14-10-7-11-15-26;/h6-15,24-25H,4-5,16-22H2,1-3H3;1H. The highest BCUT2D eigenvalue weighted by molar-refractivity contribution is 7.89. The molecule has 0 aromatic heterocycles. The van der Waals surface area contributed by atoms with Crippen molar-refractivity contribution in [3.8, 4) is 0 Å². The highest BCUT2D eigenvalue weighted by atomic mass is 35.5. The zero-order valence-electron chi connectivity index (χ0n) is 21.6. The Hall–Kier alpha value is -2.13. The molecule has 0 spiro atoms. The number of piperidine rings is 1. The van der Waals surface area contributed by atoms with E-state index < -0.39 is 10.0 Å². The van der Waals surface area contributed by atoms with Crippen LogP contribution < -0.4 is 0 Å². The van der Waals surface area contributed by atoms with Crippen molar-refractivity contribution in [3.05, 3.63) is 66.2 Å². The Bertz CT molecular complexity index is 1020. The second-order valence-electron chi connectivity index (χ2n) is 9.05. The Morgan fingerprint density at radius 1 is 1.03 bits per heavy atom. The van der Waals surface area contributed by atoms with Crippen LogP contribution in [0.2, 0.25) is 0 Å². The molecule has 3 rings (SSSR count). The van der Waals surface area contributed by atoms with E-state index in [9.17, 15) is 13.2 Å². The lowest BCUT2D eigenvalue weighted by Gasteiger charge is -2.38. The van der Waals surface area contributed by atoms with Gasteiger partial charge >= 0.3 is 6.09 Å². The van der Waals surface area contributed by atoms with Crippen LogP contribution in [0.5, 0.6) is 0 Å². The number of rotatable bonds is 11. The first-order chi connectivity index (χ1) is 16.9. The fraction of sp³-hybridized carbons (Fsp3) is 0.519. The fourth-order valence-electron chi connectivity index (χ4n) is 4.81. The lowest BCUT2D eigenvalue weighted by molar-refractivity contribution is 0.0699. The number of hydrogen-bond acceptors (Lipinski definition) is 5. The van der Waals surface area contributed by atoms with Gasteiger partial charge in [-0.05, 0) is 63.3 Å². The van der Waals surface area contributed by atoms with Gasteiger partial charge in [-0.25, -0.2) is 17.5 Å². The summed E-state index contributed by atoms with van der Waals surface area (Å²) < 4.78 is 32.9. The van der Waals surface area contributed by atoms with Crippen LogP contribution in [0.1, 0.15) is 44.6 Å². The topological polar surface area (TPSA) is 70.2 Å². The maximum Gasteiger partial charge on any atom is 0.409 e. The van der Waals surface area contributed by atoms with E-state index in [0.717, 1.165) is 44.5 Å². The molecule has 1 heterocycles. The van der Waals surface area contributed by atoms with Crippen LogP contribution in [0.4, 0.5) is 4.79 Å². The number of benzene rings is 2. The van der Waals surface area contributed by atoms with E-state index in [1.165, 1.54) is 4.31 Å². The first-order valence-electron chi connectivity index (χ1n) is 12.6. The van der Waals surface area contributed by atoms with Crippen molar-refractivity contribution in [1.82, 2.24) is 14.1 Å². The van der Waals surface area contributed by atoms with Gasteiger partial charge in [0.1, 0.15) is 0 Å². The van der Waals surface area contributed by atoms with Gasteiger partial charge in [0.05, 0.1) is 11.5 Å². The summed E-state index contributed by atoms with van der Waals surface area (Å²) in [6.45, 7) is 8.01. The lowest BCUT2D eigenvalue weighted by Crippen LogP contribution is -2.47. The van der Waals surface area contributed by atoms with Gasteiger partial charge in [-0.3, -0.25) is 0 Å². The number of carbonyl (C=O) groups is 1. The molecule has 1 aliphatic rings. The Labute approximate surface area is 222 Å². The molecule has 0 aliphatic carbocycles. The van der Waals surface area contributed by atoms with E-state index in [1.807, 2.05) is 43.0 Å². The monoisotopic (exact) mass is 537 g/mol. The summed E-state index contributed by atoms with van der Waals surface area (Å²) in [5.41, 5.74) is 1.15. The van der Waals surface area contributed by atoms with Crippen LogP contribution in [-0.4, -0.2) is 81.0 Å². The molecule has 2 aromatic rings. The van der Waals surface area contributed by atoms with Gasteiger partial charge in [0.2, 0.25) is 10.0 Å². The maximum atomic E-state index is 13.1. The molecule has 9 heteroatoms. The molecular formula is C27H40ClN3O4S. The first-order valence-corrected chi connectivity index (χ1v) is 14.0. The molecule has 0 saturated carbocycles. The van der Waals surface area contributed by atoms with E-state index in [2.05, 4.69) is 17.0 Å². The molecular weight excluding hydrogens is 498 g/mol. The molecule has 1 atom stereocenters. The van der Waals surface area contributed by atoms with Gasteiger partial charge in [-0.15, -0.1) is 12.4 Å². The third kappa shape index (κ3) is 7.93. The average molecular weight is 538 g/mol. The molecule has 1 amide bonds. The van der Waals surface area contributed by atoms with E-state index in [0.29, 0.717) is 24.6 Å². The fourth-order valence-corrected chi connectivity index (χ4v) is 6.04. The molecule has 1 fully saturated rings. The smallest absolute Gasteiger partial charge is 0.409 e. The highest BCUT2D eigenvalue weighted by Gasteiger charge is 2.29. The van der Waals surface area contributed by atoms with E-state index >= 15 is 0 Å². The summed E-state index contributed by atoms with van der Waals surface area (Å²) >= 11 is 0. The summed E-state index contributed by atoms with van der Waals surface area (Å²) in [7, 11) is -1.88. The molecule has 36 heavy (non-hydrogen) atoms. The largest absolute Gasteiger partial charge is 0.450 e. The van der Waals surface area contributed by atoms with Crippen molar-refractivity contribution >= 4 is 28.5 Å². The summed E-state index contributed by atoms with van der Waals surface area (Å²) in [4.78, 5) is 16.8. The minimum atomic E-state index is -3.55. The summed E-state index contributed by atoms with van der Waals surface area (Å²) in [6.07, 6.45) is 2.48. The molecule has 200 valence electrons. The number of ether oxygens (including phenoxy) is 1. The van der Waals surface area contributed by atoms with Crippen molar-refractivity contribution in [2.75, 3.05) is 46.4 Å². The highest BCUT2D eigenvalue weighted by Crippen LogP contribution is 2.25. The van der Waals surface area contributed by atoms with Gasteiger partial charge in [0.25, 0.3) is 0 Å². The number of nitrogens with zero attached hydrogens (tertiary/aromatic N) is 3. The Morgan fingerprint density at radius 2 is 1.61 bits per heavy atom. The molecule has 1 aliphatic heterocycles. The number of likely N-dealkylation sites (tertiary alicyclic amines) is 1. The quantitative estimate of drug-likeness (QED) is 0.410. The summed E-state index contributed by atoms with van der Waals surface area (Å²) in [5, 5.41) is 0. The molecule has 7 nitrogen and oxygen atoms in total. The van der Waals surface area contributed by atoms with E-state index in [4.69, 9.17) is 4.74 Å². The number of hydrogen-bond donors (Lipinski definition) is 0. The Kier molecular flexibility index (Phi) is 12.2. The van der Waals surface area contributed by atoms with Crippen LogP contribution in [0.3, 0.4) is 0 Å². The average Bonchev–Trinajstić information content (AvgIpc) is 2.88. The first kappa shape index (κ1) is 30.1. The number of halogens is 1. The van der Waals surface area contributed by atoms with Gasteiger partial charge < -0.3 is 14.5 Å². The maximum absolute atomic E-state index is 13.1. The Balaban J connectivity index is 0.00000456. The molecule has 1 unspecified atom stereocenters. The minimum absolute atomic E-state index is 0. The van der Waals surface area contributed by atoms with Crippen LogP contribution in [-0.2, 0) is 14.8 Å². The lowest BCUT2D eigenvalue weighted by atomic mass is 9.94. The molecule has 0 radical (unpaired) electrons. The van der Waals surface area contributed by atoms with E-state index in [-0.39, 0.29) is 30.5 Å². The van der Waals surface area contributed by atoms with Gasteiger partial charge in [0, 0.05) is 39.3 Å². The number of carbonyl (C=O) groups excluding carboxylic acids is 1. The van der Waals surface area contributed by atoms with Crippen LogP contribution >= 0.6 is 12.4 Å². The summed E-state index contributed by atoms with van der Waals surface area (Å²) in [5.74, 6) is 0.0871. The van der Waals surface area contributed by atoms with Crippen LogP contribution in [0.25, 0.3) is 0 Å². The van der Waals surface area contributed by atoms with Crippen molar-refractivity contribution in [3.63, 3.8) is 0 Å². The third-order valence-electron chi connectivity index (χ3n) is 6.83. The summed E-state index contributed by atoms with van der Waals surface area (Å²) in [6, 6.07) is 19.0. The predicted octanol–water partition coefficient (Wildman–Crippen LogP) is 4.85. The van der Waals surface area contributed by atoms with Crippen molar-refractivity contribution in [1.29, 1.82) is 0 Å². The van der Waals surface area contributed by atoms with E-state index in [1.54, 1.807) is 31.3 Å². The van der Waals surface area contributed by atoms with Crippen LogP contribution in [0.15, 0.2) is 65.6 Å². The second kappa shape index (κ2) is 14.6. The molecule has 1 saturated heterocycles. The minimum Gasteiger partial charge on any atom is -0.450 e. The normalized spacial score (nSPS) is 15.8. The molecule has 0 bridgehead atoms. The zero-order chi connectivity index (χ0) is 25.3. The number of likely N-dealkylation sites (N-methyl/N-ethyl adjacent to an activating group) is 1. The zero-order valence-corrected chi connectivity index (χ0v) is 23.2. The van der Waals surface area contributed by atoms with Gasteiger partial charge in [-0.1, -0.05) is 48.5 Å².